The fraction of sp³-hybridized carbons (Fsp3) is 0.600. The first-order valence-electron chi connectivity index (χ1n) is 7.13. The van der Waals surface area contributed by atoms with E-state index in [2.05, 4.69) is 36.8 Å². The molecule has 0 aromatic carbocycles. The minimum atomic E-state index is 0.246. The Morgan fingerprint density at radius 2 is 2.05 bits per heavy atom. The second kappa shape index (κ2) is 5.49. The molecule has 2 aromatic heterocycles. The van der Waals surface area contributed by atoms with Crippen molar-refractivity contribution < 1.29 is 4.74 Å². The molecule has 0 spiro atoms. The summed E-state index contributed by atoms with van der Waals surface area (Å²) in [5, 5.41) is 1.26. The molecule has 0 amide bonds. The Bertz CT molecular complexity index is 628. The summed E-state index contributed by atoms with van der Waals surface area (Å²) in [6.45, 7) is 6.69. The normalized spacial score (nSPS) is 26.9. The lowest BCUT2D eigenvalue weighted by Gasteiger charge is -2.32. The monoisotopic (exact) mass is 310 g/mol. The minimum Gasteiger partial charge on any atom is -0.474 e. The Morgan fingerprint density at radius 1 is 1.25 bits per heavy atom. The highest BCUT2D eigenvalue weighted by Crippen LogP contribution is 2.35. The van der Waals surface area contributed by atoms with Crippen molar-refractivity contribution in [2.75, 3.05) is 0 Å². The van der Waals surface area contributed by atoms with Gasteiger partial charge in [-0.2, -0.15) is 4.98 Å². The second-order valence-electron chi connectivity index (χ2n) is 5.88. The average Bonchev–Trinajstić information content (AvgIpc) is 2.74. The van der Waals surface area contributed by atoms with Crippen molar-refractivity contribution in [3.8, 4) is 5.88 Å². The predicted molar refractivity (Wildman–Crippen MR) is 83.8 cm³/mol. The molecule has 0 N–H and O–H groups in total. The number of hydrogen-bond donors (Lipinski definition) is 0. The van der Waals surface area contributed by atoms with Gasteiger partial charge in [-0.25, -0.2) is 4.98 Å². The molecule has 3 atom stereocenters. The molecule has 2 aromatic rings. The quantitative estimate of drug-likeness (QED) is 0.743. The van der Waals surface area contributed by atoms with Crippen molar-refractivity contribution in [1.82, 2.24) is 9.97 Å². The Hall–Kier alpha value is -0.870. The van der Waals surface area contributed by atoms with E-state index in [0.29, 0.717) is 11.8 Å². The lowest BCUT2D eigenvalue weighted by atomic mass is 9.80. The summed E-state index contributed by atoms with van der Waals surface area (Å²) >= 11 is 7.63. The zero-order valence-corrected chi connectivity index (χ0v) is 13.6. The number of thiophene rings is 1. The first-order valence-corrected chi connectivity index (χ1v) is 8.32. The van der Waals surface area contributed by atoms with Gasteiger partial charge in [0.15, 0.2) is 0 Å². The van der Waals surface area contributed by atoms with Gasteiger partial charge < -0.3 is 4.74 Å². The van der Waals surface area contributed by atoms with E-state index in [-0.39, 0.29) is 11.4 Å². The molecular weight excluding hydrogens is 292 g/mol. The number of hydrogen-bond acceptors (Lipinski definition) is 4. The molecule has 108 valence electrons. The van der Waals surface area contributed by atoms with Crippen LogP contribution in [0.15, 0.2) is 6.07 Å². The molecule has 1 fully saturated rings. The zero-order valence-electron chi connectivity index (χ0n) is 12.0. The zero-order chi connectivity index (χ0) is 14.3. The Kier molecular flexibility index (Phi) is 3.87. The van der Waals surface area contributed by atoms with E-state index in [9.17, 15) is 0 Å². The number of halogens is 1. The van der Waals surface area contributed by atoms with E-state index < -0.39 is 0 Å². The SMILES string of the molecule is Cc1cc2c(OC3CCC(C)C(C)C3)nc(Cl)nc2s1. The number of aryl methyl sites for hydroxylation is 1. The van der Waals surface area contributed by atoms with Crippen LogP contribution >= 0.6 is 22.9 Å². The summed E-state index contributed by atoms with van der Waals surface area (Å²) in [6.07, 6.45) is 3.65. The highest BCUT2D eigenvalue weighted by molar-refractivity contribution is 7.18. The number of nitrogens with zero attached hydrogens (tertiary/aromatic N) is 2. The number of fused-ring (bicyclic) bond motifs is 1. The molecule has 5 heteroatoms. The highest BCUT2D eigenvalue weighted by atomic mass is 35.5. The standard InChI is InChI=1S/C15H19ClN2OS/c1-8-4-5-11(6-9(8)2)19-13-12-7-10(3)20-14(12)18-15(16)17-13/h7-9,11H,4-6H2,1-3H3. The van der Waals surface area contributed by atoms with Crippen LogP contribution in [0.4, 0.5) is 0 Å². The van der Waals surface area contributed by atoms with E-state index in [1.54, 1.807) is 11.3 Å². The summed E-state index contributed by atoms with van der Waals surface area (Å²) < 4.78 is 6.15. The smallest absolute Gasteiger partial charge is 0.227 e. The minimum absolute atomic E-state index is 0.246. The first-order chi connectivity index (χ1) is 9.52. The third kappa shape index (κ3) is 2.77. The topological polar surface area (TPSA) is 35.0 Å². The van der Waals surface area contributed by atoms with Crippen molar-refractivity contribution in [3.05, 3.63) is 16.2 Å². The molecule has 1 aliphatic carbocycles. The van der Waals surface area contributed by atoms with E-state index in [1.165, 1.54) is 11.3 Å². The molecule has 0 saturated heterocycles. The van der Waals surface area contributed by atoms with Gasteiger partial charge in [0.25, 0.3) is 0 Å². The van der Waals surface area contributed by atoms with Crippen LogP contribution in [0.25, 0.3) is 10.2 Å². The number of ether oxygens (including phenoxy) is 1. The van der Waals surface area contributed by atoms with E-state index >= 15 is 0 Å². The van der Waals surface area contributed by atoms with Crippen LogP contribution in [-0.4, -0.2) is 16.1 Å². The molecule has 3 unspecified atom stereocenters. The maximum absolute atomic E-state index is 6.15. The van der Waals surface area contributed by atoms with E-state index in [1.807, 2.05) is 0 Å². The molecule has 3 nitrogen and oxygen atoms in total. The first kappa shape index (κ1) is 14.1. The Morgan fingerprint density at radius 3 is 2.80 bits per heavy atom. The third-order valence-corrected chi connectivity index (χ3v) is 5.40. The number of aromatic nitrogens is 2. The summed E-state index contributed by atoms with van der Waals surface area (Å²) in [6, 6.07) is 2.08. The molecule has 1 saturated carbocycles. The average molecular weight is 311 g/mol. The number of rotatable bonds is 2. The lowest BCUT2D eigenvalue weighted by Crippen LogP contribution is -2.29. The van der Waals surface area contributed by atoms with Crippen LogP contribution < -0.4 is 4.74 Å². The van der Waals surface area contributed by atoms with Crippen LogP contribution in [0, 0.1) is 18.8 Å². The van der Waals surface area contributed by atoms with Crippen LogP contribution in [0.5, 0.6) is 5.88 Å². The largest absolute Gasteiger partial charge is 0.474 e. The van der Waals surface area contributed by atoms with E-state index in [0.717, 1.165) is 29.0 Å². The maximum Gasteiger partial charge on any atom is 0.227 e. The molecule has 0 radical (unpaired) electrons. The van der Waals surface area contributed by atoms with Gasteiger partial charge in [0, 0.05) is 4.88 Å². The van der Waals surface area contributed by atoms with Gasteiger partial charge in [0.2, 0.25) is 11.2 Å². The van der Waals surface area contributed by atoms with Crippen molar-refractivity contribution >= 4 is 33.2 Å². The molecular formula is C15H19ClN2OS. The summed E-state index contributed by atoms with van der Waals surface area (Å²) in [5.41, 5.74) is 0. The van der Waals surface area contributed by atoms with Gasteiger partial charge in [-0.3, -0.25) is 0 Å². The fourth-order valence-corrected chi connectivity index (χ4v) is 3.93. The molecule has 20 heavy (non-hydrogen) atoms. The van der Waals surface area contributed by atoms with Gasteiger partial charge in [-0.05, 0) is 55.7 Å². The highest BCUT2D eigenvalue weighted by Gasteiger charge is 2.26. The van der Waals surface area contributed by atoms with Gasteiger partial charge >= 0.3 is 0 Å². The summed E-state index contributed by atoms with van der Waals surface area (Å²) in [7, 11) is 0. The predicted octanol–water partition coefficient (Wildman–Crippen LogP) is 4.86. The van der Waals surface area contributed by atoms with Gasteiger partial charge in [0.05, 0.1) is 5.39 Å². The van der Waals surface area contributed by atoms with Crippen molar-refractivity contribution in [2.24, 2.45) is 11.8 Å². The summed E-state index contributed by atoms with van der Waals surface area (Å²) in [4.78, 5) is 10.7. The molecule has 1 aliphatic rings. The lowest BCUT2D eigenvalue weighted by molar-refractivity contribution is 0.0979. The third-order valence-electron chi connectivity index (χ3n) is 4.28. The van der Waals surface area contributed by atoms with Gasteiger partial charge in [-0.1, -0.05) is 13.8 Å². The molecule has 0 aliphatic heterocycles. The van der Waals surface area contributed by atoms with E-state index in [4.69, 9.17) is 16.3 Å². The molecule has 2 heterocycles. The van der Waals surface area contributed by atoms with Crippen LogP contribution in [0.3, 0.4) is 0 Å². The van der Waals surface area contributed by atoms with Gasteiger partial charge in [-0.15, -0.1) is 11.3 Å². The molecule has 3 rings (SSSR count). The van der Waals surface area contributed by atoms with Gasteiger partial charge in [0.1, 0.15) is 10.9 Å². The second-order valence-corrected chi connectivity index (χ2v) is 7.45. The Balaban J connectivity index is 1.87. The van der Waals surface area contributed by atoms with Crippen molar-refractivity contribution in [1.29, 1.82) is 0 Å². The van der Waals surface area contributed by atoms with Crippen molar-refractivity contribution in [2.45, 2.75) is 46.1 Å². The van der Waals surface area contributed by atoms with Crippen LogP contribution in [-0.2, 0) is 0 Å². The summed E-state index contributed by atoms with van der Waals surface area (Å²) in [5.74, 6) is 2.13. The van der Waals surface area contributed by atoms with Crippen LogP contribution in [0.2, 0.25) is 5.28 Å². The molecule has 0 bridgehead atoms. The Labute approximate surface area is 128 Å². The van der Waals surface area contributed by atoms with Crippen LogP contribution in [0.1, 0.15) is 38.0 Å². The van der Waals surface area contributed by atoms with Crippen molar-refractivity contribution in [3.63, 3.8) is 0 Å². The maximum atomic E-state index is 6.15. The fourth-order valence-electron chi connectivity index (χ4n) is 2.84.